The number of carbonyl (C=O) groups excluding carboxylic acids is 1. The monoisotopic (exact) mass is 474 g/mol. The number of benzene rings is 1. The zero-order valence-corrected chi connectivity index (χ0v) is 18.4. The third-order valence-electron chi connectivity index (χ3n) is 4.49. The van der Waals surface area contributed by atoms with E-state index >= 15 is 0 Å². The molecule has 32 heavy (non-hydrogen) atoms. The minimum absolute atomic E-state index is 0. The van der Waals surface area contributed by atoms with Gasteiger partial charge < -0.3 is 15.8 Å². The third-order valence-corrected chi connectivity index (χ3v) is 4.49. The number of nitro benzene ring substituents is 1. The van der Waals surface area contributed by atoms with Crippen molar-refractivity contribution in [2.75, 3.05) is 6.61 Å². The number of rotatable bonds is 5. The predicted octanol–water partition coefficient (Wildman–Crippen LogP) is 2.58. The number of nitrogens with one attached hydrogen (secondary N) is 1. The standard InChI is InChI=1S/C18H17N4O4.C5H5.Fe/c1-2-26-17(23)14-15(11-5-3-4-6-11)20-18(19)21-16(14)12-7-9-13(10-8-12)22(24)25;1-2-4-5-3-1;/h3-10,15H,2H2,1H3,(H3,19,20,21);1-5H;/q;;+2. The van der Waals surface area contributed by atoms with E-state index in [9.17, 15) is 14.9 Å². The van der Waals surface area contributed by atoms with Crippen molar-refractivity contribution in [1.29, 1.82) is 0 Å². The first kappa shape index (κ1) is 25.9. The van der Waals surface area contributed by atoms with Crippen LogP contribution < -0.4 is 11.1 Å². The summed E-state index contributed by atoms with van der Waals surface area (Å²) in [7, 11) is 0. The first-order valence-corrected chi connectivity index (χ1v) is 9.66. The molecule has 0 aromatic heterocycles. The van der Waals surface area contributed by atoms with Crippen LogP contribution in [-0.2, 0) is 26.6 Å². The maximum atomic E-state index is 12.6. The molecule has 2 aliphatic carbocycles. The number of nitro groups is 1. The molecule has 4 rings (SSSR count). The number of guanidine groups is 1. The Morgan fingerprint density at radius 2 is 1.66 bits per heavy atom. The van der Waals surface area contributed by atoms with Gasteiger partial charge in [0.2, 0.25) is 0 Å². The molecule has 0 amide bonds. The van der Waals surface area contributed by atoms with Gasteiger partial charge in [-0.3, -0.25) is 10.1 Å². The van der Waals surface area contributed by atoms with Crippen molar-refractivity contribution in [2.45, 2.75) is 13.0 Å². The molecule has 0 saturated heterocycles. The maximum absolute atomic E-state index is 12.6. The van der Waals surface area contributed by atoms with E-state index in [1.54, 1.807) is 19.1 Å². The fourth-order valence-corrected chi connectivity index (χ4v) is 3.10. The Morgan fingerprint density at radius 3 is 2.16 bits per heavy atom. The Balaban J connectivity index is 0.000000534. The van der Waals surface area contributed by atoms with Gasteiger partial charge in [0.25, 0.3) is 5.69 Å². The molecular weight excluding hydrogens is 452 g/mol. The molecule has 1 aromatic rings. The molecule has 3 aliphatic rings. The van der Waals surface area contributed by atoms with E-state index in [1.807, 2.05) is 57.8 Å². The van der Waals surface area contributed by atoms with E-state index in [-0.39, 0.29) is 35.3 Å². The van der Waals surface area contributed by atoms with Crippen LogP contribution in [0.15, 0.2) is 34.8 Å². The Labute approximate surface area is 199 Å². The molecule has 2 fully saturated rings. The van der Waals surface area contributed by atoms with Crippen LogP contribution in [0.25, 0.3) is 5.70 Å². The second-order valence-electron chi connectivity index (χ2n) is 6.54. The number of aliphatic imine (C=N–C) groups is 1. The molecule has 1 heterocycles. The van der Waals surface area contributed by atoms with E-state index in [1.165, 1.54) is 12.1 Å². The van der Waals surface area contributed by atoms with E-state index < -0.39 is 16.9 Å². The summed E-state index contributed by atoms with van der Waals surface area (Å²) in [5.74, 6) is 0.435. The largest absolute Gasteiger partial charge is 2.00 e. The minimum Gasteiger partial charge on any atom is -0.463 e. The van der Waals surface area contributed by atoms with Crippen LogP contribution in [0.5, 0.6) is 0 Å². The van der Waals surface area contributed by atoms with Crippen molar-refractivity contribution in [3.8, 4) is 0 Å². The molecule has 1 unspecified atom stereocenters. The van der Waals surface area contributed by atoms with Gasteiger partial charge in [0.1, 0.15) is 0 Å². The Hall–Kier alpha value is -2.38. The third kappa shape index (κ3) is 6.56. The van der Waals surface area contributed by atoms with Crippen LogP contribution in [0.4, 0.5) is 5.69 Å². The summed E-state index contributed by atoms with van der Waals surface area (Å²) in [4.78, 5) is 27.4. The molecule has 10 radical (unpaired) electrons. The van der Waals surface area contributed by atoms with Crippen LogP contribution in [-0.4, -0.2) is 29.5 Å². The average molecular weight is 474 g/mol. The number of hydrogen-bond donors (Lipinski definition) is 2. The zero-order valence-electron chi connectivity index (χ0n) is 17.2. The van der Waals surface area contributed by atoms with Gasteiger partial charge in [0.05, 0.1) is 28.8 Å². The van der Waals surface area contributed by atoms with E-state index in [4.69, 9.17) is 10.5 Å². The second-order valence-corrected chi connectivity index (χ2v) is 6.54. The van der Waals surface area contributed by atoms with Crippen molar-refractivity contribution in [3.05, 3.63) is 109 Å². The smallest absolute Gasteiger partial charge is 0.463 e. The van der Waals surface area contributed by atoms with Crippen molar-refractivity contribution >= 4 is 23.3 Å². The Morgan fingerprint density at radius 1 is 1.09 bits per heavy atom. The summed E-state index contributed by atoms with van der Waals surface area (Å²) >= 11 is 0. The normalized spacial score (nSPS) is 20.4. The van der Waals surface area contributed by atoms with Crippen molar-refractivity contribution in [1.82, 2.24) is 5.32 Å². The molecule has 0 bridgehead atoms. The van der Waals surface area contributed by atoms with E-state index in [2.05, 4.69) is 10.3 Å². The van der Waals surface area contributed by atoms with Gasteiger partial charge in [-0.25, -0.2) is 9.79 Å². The molecule has 3 N–H and O–H groups in total. The van der Waals surface area contributed by atoms with Crippen LogP contribution in [0.3, 0.4) is 0 Å². The summed E-state index contributed by atoms with van der Waals surface area (Å²) in [5, 5.41) is 13.8. The Kier molecular flexibility index (Phi) is 10.2. The van der Waals surface area contributed by atoms with Gasteiger partial charge in [-0.15, -0.1) is 0 Å². The summed E-state index contributed by atoms with van der Waals surface area (Å²) in [6.07, 6.45) is 17.4. The molecule has 9 heteroatoms. The number of nitrogens with two attached hydrogens (primary N) is 1. The molecule has 2 saturated carbocycles. The van der Waals surface area contributed by atoms with Crippen LogP contribution >= 0.6 is 0 Å². The predicted molar refractivity (Wildman–Crippen MR) is 117 cm³/mol. The number of esters is 1. The average Bonchev–Trinajstić information content (AvgIpc) is 3.50. The summed E-state index contributed by atoms with van der Waals surface area (Å²) in [6, 6.07) is 5.23. The van der Waals surface area contributed by atoms with E-state index in [0.717, 1.165) is 5.92 Å². The zero-order chi connectivity index (χ0) is 22.2. The van der Waals surface area contributed by atoms with Crippen LogP contribution in [0.2, 0.25) is 0 Å². The fourth-order valence-electron chi connectivity index (χ4n) is 3.10. The SMILES string of the molecule is CCOC(=O)C1=C(c2ccc([N+](=O)[O-])cc2)NC(N)=NC1[C]1[CH][CH][CH][CH]1.[CH]1[CH][CH][CH][CH]1.[Fe+2]. The molecular formula is C23H22FeN4O4+2. The molecule has 8 nitrogen and oxygen atoms in total. The number of carbonyl (C=O) groups is 1. The molecule has 164 valence electrons. The van der Waals surface area contributed by atoms with Gasteiger partial charge >= 0.3 is 23.0 Å². The summed E-state index contributed by atoms with van der Waals surface area (Å²) in [6.45, 7) is 1.93. The number of hydrogen-bond acceptors (Lipinski definition) is 7. The van der Waals surface area contributed by atoms with Gasteiger partial charge in [-0.2, -0.15) is 0 Å². The van der Waals surface area contributed by atoms with Gasteiger partial charge in [-0.1, -0.05) is 0 Å². The second kappa shape index (κ2) is 12.6. The summed E-state index contributed by atoms with van der Waals surface area (Å²) < 4.78 is 5.20. The molecule has 1 atom stereocenters. The topological polar surface area (TPSA) is 120 Å². The van der Waals surface area contributed by atoms with Gasteiger partial charge in [0, 0.05) is 18.1 Å². The molecule has 1 aliphatic heterocycles. The van der Waals surface area contributed by atoms with Crippen molar-refractivity contribution < 1.29 is 31.5 Å². The van der Waals surface area contributed by atoms with Crippen molar-refractivity contribution in [2.24, 2.45) is 10.7 Å². The van der Waals surface area contributed by atoms with Crippen LogP contribution in [0.1, 0.15) is 12.5 Å². The molecule has 1 aromatic carbocycles. The first-order chi connectivity index (χ1) is 15.0. The number of ether oxygens (including phenoxy) is 1. The number of non-ortho nitro benzene ring substituents is 1. The van der Waals surface area contributed by atoms with Gasteiger partial charge in [-0.05, 0) is 82.4 Å². The maximum Gasteiger partial charge on any atom is 2.00 e. The molecule has 0 spiro atoms. The van der Waals surface area contributed by atoms with Gasteiger partial charge in [0.15, 0.2) is 5.96 Å². The summed E-state index contributed by atoms with van der Waals surface area (Å²) in [5.41, 5.74) is 7.18. The number of nitrogens with zero attached hydrogens (tertiary/aromatic N) is 2. The van der Waals surface area contributed by atoms with E-state index in [0.29, 0.717) is 16.8 Å². The quantitative estimate of drug-likeness (QED) is 0.293. The van der Waals surface area contributed by atoms with Crippen LogP contribution in [0, 0.1) is 73.8 Å². The minimum atomic E-state index is -0.615. The Bertz CT molecular complexity index is 836. The first-order valence-electron chi connectivity index (χ1n) is 9.66. The van der Waals surface area contributed by atoms with Crippen molar-refractivity contribution in [3.63, 3.8) is 0 Å². The fraction of sp³-hybridized carbons (Fsp3) is 0.130.